The van der Waals surface area contributed by atoms with Gasteiger partial charge in [-0.3, -0.25) is 4.98 Å². The number of aryl methyl sites for hydroxylation is 3. The number of morpholine rings is 1. The number of nitrogens with one attached hydrogen (secondary N) is 1. The number of aromatic nitrogens is 5. The van der Waals surface area contributed by atoms with E-state index in [9.17, 15) is 8.42 Å². The molecule has 1 N–H and O–H groups in total. The maximum Gasteiger partial charge on any atom is 0.211 e. The number of hydrogen-bond donors (Lipinski definition) is 1. The number of sulfonamides is 1. The molecule has 4 aromatic heterocycles. The van der Waals surface area contributed by atoms with Crippen molar-refractivity contribution in [2.45, 2.75) is 26.9 Å². The van der Waals surface area contributed by atoms with E-state index < -0.39 is 10.0 Å². The summed E-state index contributed by atoms with van der Waals surface area (Å²) in [5.41, 5.74) is 4.44. The minimum Gasteiger partial charge on any atom is -0.489 e. The quantitative estimate of drug-likeness (QED) is 0.389. The van der Waals surface area contributed by atoms with E-state index in [1.54, 1.807) is 10.7 Å². The summed E-state index contributed by atoms with van der Waals surface area (Å²) in [7, 11) is -3.28. The van der Waals surface area contributed by atoms with E-state index in [4.69, 9.17) is 9.47 Å². The third kappa shape index (κ3) is 5.87. The lowest BCUT2D eigenvalue weighted by Crippen LogP contribution is -2.47. The first-order valence-corrected chi connectivity index (χ1v) is 13.7. The molecule has 1 fully saturated rings. The normalized spacial score (nSPS) is 16.7. The Labute approximate surface area is 215 Å². The van der Waals surface area contributed by atoms with E-state index in [-0.39, 0.29) is 19.3 Å². The summed E-state index contributed by atoms with van der Waals surface area (Å²) in [4.78, 5) is 13.1. The van der Waals surface area contributed by atoms with Crippen molar-refractivity contribution in [3.63, 3.8) is 0 Å². The largest absolute Gasteiger partial charge is 0.489 e. The Kier molecular flexibility index (Phi) is 6.80. The maximum absolute atomic E-state index is 11.9. The van der Waals surface area contributed by atoms with Crippen molar-refractivity contribution in [1.29, 1.82) is 0 Å². The Balaban J connectivity index is 1.37. The first kappa shape index (κ1) is 25.1. The Morgan fingerprint density at radius 3 is 2.73 bits per heavy atom. The topological polar surface area (TPSA) is 124 Å². The zero-order chi connectivity index (χ0) is 26.2. The van der Waals surface area contributed by atoms with Gasteiger partial charge in [0, 0.05) is 48.4 Å². The molecule has 1 aliphatic rings. The van der Waals surface area contributed by atoms with Crippen LogP contribution < -0.4 is 10.1 Å². The molecule has 0 unspecified atom stereocenters. The van der Waals surface area contributed by atoms with Gasteiger partial charge in [0.2, 0.25) is 10.0 Å². The molecule has 12 heteroatoms. The van der Waals surface area contributed by atoms with Crippen molar-refractivity contribution in [1.82, 2.24) is 28.9 Å². The van der Waals surface area contributed by atoms with Crippen LogP contribution in [0.1, 0.15) is 17.2 Å². The van der Waals surface area contributed by atoms with Crippen LogP contribution in [0.5, 0.6) is 5.75 Å². The molecular weight excluding hydrogens is 494 g/mol. The fourth-order valence-corrected chi connectivity index (χ4v) is 5.14. The van der Waals surface area contributed by atoms with Gasteiger partial charge in [-0.25, -0.2) is 22.9 Å². The highest BCUT2D eigenvalue weighted by Gasteiger charge is 2.27. The lowest BCUT2D eigenvalue weighted by atomic mass is 10.1. The third-order valence-electron chi connectivity index (χ3n) is 6.00. The molecule has 1 atom stereocenters. The van der Waals surface area contributed by atoms with Gasteiger partial charge in [-0.1, -0.05) is 0 Å². The van der Waals surface area contributed by atoms with Crippen LogP contribution in [0.2, 0.25) is 0 Å². The van der Waals surface area contributed by atoms with Gasteiger partial charge < -0.3 is 14.8 Å². The molecule has 0 aliphatic carbocycles. The number of ether oxygens (including phenoxy) is 2. The molecule has 0 amide bonds. The van der Waals surface area contributed by atoms with Crippen LogP contribution >= 0.6 is 0 Å². The van der Waals surface area contributed by atoms with Gasteiger partial charge in [-0.05, 0) is 44.5 Å². The molecule has 0 bridgehead atoms. The zero-order valence-electron chi connectivity index (χ0n) is 21.2. The Morgan fingerprint density at radius 1 is 1.11 bits per heavy atom. The second-order valence-corrected chi connectivity index (χ2v) is 11.1. The molecule has 5 heterocycles. The van der Waals surface area contributed by atoms with E-state index >= 15 is 0 Å². The number of pyridine rings is 2. The highest BCUT2D eigenvalue weighted by molar-refractivity contribution is 7.88. The lowest BCUT2D eigenvalue weighted by Gasteiger charge is -2.31. The summed E-state index contributed by atoms with van der Waals surface area (Å²) in [5.74, 6) is 2.65. The molecule has 0 spiro atoms. The molecule has 0 radical (unpaired) electrons. The second kappa shape index (κ2) is 10.0. The maximum atomic E-state index is 11.9. The monoisotopic (exact) mass is 523 g/mol. The van der Waals surface area contributed by atoms with E-state index in [1.807, 2.05) is 57.3 Å². The molecule has 194 valence electrons. The zero-order valence-corrected chi connectivity index (χ0v) is 22.0. The number of rotatable bonds is 7. The number of anilines is 2. The predicted octanol–water partition coefficient (Wildman–Crippen LogP) is 2.89. The average Bonchev–Trinajstić information content (AvgIpc) is 3.23. The van der Waals surface area contributed by atoms with Crippen LogP contribution in [0.25, 0.3) is 16.6 Å². The molecule has 0 saturated carbocycles. The van der Waals surface area contributed by atoms with E-state index in [2.05, 4.69) is 25.4 Å². The second-order valence-electron chi connectivity index (χ2n) is 9.13. The van der Waals surface area contributed by atoms with Crippen LogP contribution in [0.3, 0.4) is 0 Å². The summed E-state index contributed by atoms with van der Waals surface area (Å²) < 4.78 is 38.9. The standard InChI is InChI=1S/C25H29N7O4S/c1-16-9-22(23(13-26-16)36-15-21-14-31(7-8-35-21)37(4,33)34)19-5-6-32-20(11-19)12-25(30-32)29-24-10-17(2)27-18(3)28-24/h5-6,9-13,21H,7-8,14-15H2,1-4H3,(H,27,28,29,30)/t21-/m0/s1. The summed E-state index contributed by atoms with van der Waals surface area (Å²) in [6.45, 7) is 6.86. The highest BCUT2D eigenvalue weighted by Crippen LogP contribution is 2.32. The SMILES string of the molecule is Cc1cc(-c2ccn3nc(Nc4cc(C)nc(C)n4)cc3c2)c(OC[C@@H]2CN(S(C)(=O)=O)CCO2)cn1. The molecule has 11 nitrogen and oxygen atoms in total. The van der Waals surface area contributed by atoms with Gasteiger partial charge in [-0.2, -0.15) is 9.40 Å². The fourth-order valence-electron chi connectivity index (χ4n) is 4.30. The van der Waals surface area contributed by atoms with Gasteiger partial charge in [0.05, 0.1) is 24.6 Å². The van der Waals surface area contributed by atoms with Crippen molar-refractivity contribution in [3.05, 3.63) is 59.9 Å². The summed E-state index contributed by atoms with van der Waals surface area (Å²) >= 11 is 0. The summed E-state index contributed by atoms with van der Waals surface area (Å²) in [5, 5.41) is 7.84. The minimum atomic E-state index is -3.28. The fraction of sp³-hybridized carbons (Fsp3) is 0.360. The molecule has 37 heavy (non-hydrogen) atoms. The molecule has 1 aliphatic heterocycles. The van der Waals surface area contributed by atoms with Gasteiger partial charge in [0.1, 0.15) is 30.1 Å². The Hall–Kier alpha value is -3.61. The van der Waals surface area contributed by atoms with Gasteiger partial charge >= 0.3 is 0 Å². The predicted molar refractivity (Wildman–Crippen MR) is 140 cm³/mol. The van der Waals surface area contributed by atoms with Crippen molar-refractivity contribution < 1.29 is 17.9 Å². The number of hydrogen-bond acceptors (Lipinski definition) is 9. The van der Waals surface area contributed by atoms with E-state index in [1.165, 1.54) is 10.6 Å². The lowest BCUT2D eigenvalue weighted by molar-refractivity contribution is -0.0247. The van der Waals surface area contributed by atoms with Crippen LogP contribution in [-0.4, -0.2) is 76.0 Å². The van der Waals surface area contributed by atoms with Crippen molar-refractivity contribution in [3.8, 4) is 16.9 Å². The van der Waals surface area contributed by atoms with Crippen LogP contribution in [0, 0.1) is 20.8 Å². The smallest absolute Gasteiger partial charge is 0.211 e. The van der Waals surface area contributed by atoms with E-state index in [0.717, 1.165) is 28.0 Å². The highest BCUT2D eigenvalue weighted by atomic mass is 32.2. The minimum absolute atomic E-state index is 0.213. The first-order valence-electron chi connectivity index (χ1n) is 11.9. The molecule has 4 aromatic rings. The van der Waals surface area contributed by atoms with Crippen LogP contribution in [0.15, 0.2) is 42.7 Å². The van der Waals surface area contributed by atoms with E-state index in [0.29, 0.717) is 36.4 Å². The molecule has 1 saturated heterocycles. The van der Waals surface area contributed by atoms with Crippen LogP contribution in [0.4, 0.5) is 11.6 Å². The third-order valence-corrected chi connectivity index (χ3v) is 7.27. The Bertz CT molecular complexity index is 1530. The molecular formula is C25H29N7O4S. The number of nitrogens with zero attached hydrogens (tertiary/aromatic N) is 6. The number of fused-ring (bicyclic) bond motifs is 1. The van der Waals surface area contributed by atoms with Crippen molar-refractivity contribution >= 4 is 27.2 Å². The van der Waals surface area contributed by atoms with Crippen molar-refractivity contribution in [2.24, 2.45) is 0 Å². The van der Waals surface area contributed by atoms with Crippen molar-refractivity contribution in [2.75, 3.05) is 37.9 Å². The van der Waals surface area contributed by atoms with Gasteiger partial charge in [0.15, 0.2) is 5.82 Å². The van der Waals surface area contributed by atoms with Crippen LogP contribution in [-0.2, 0) is 14.8 Å². The molecule has 0 aromatic carbocycles. The molecule has 5 rings (SSSR count). The summed E-state index contributed by atoms with van der Waals surface area (Å²) in [6.07, 6.45) is 4.43. The van der Waals surface area contributed by atoms with Gasteiger partial charge in [-0.15, -0.1) is 0 Å². The first-order chi connectivity index (χ1) is 17.6. The summed E-state index contributed by atoms with van der Waals surface area (Å²) in [6, 6.07) is 9.77. The average molecular weight is 524 g/mol. The Morgan fingerprint density at radius 2 is 1.95 bits per heavy atom. The van der Waals surface area contributed by atoms with Gasteiger partial charge in [0.25, 0.3) is 0 Å².